The molecular formula is C13H23NO5. The average Bonchev–Trinajstić information content (AvgIpc) is 3.05. The molecule has 0 saturated heterocycles. The number of amides is 1. The predicted octanol–water partition coefficient (Wildman–Crippen LogP) is 1.64. The fourth-order valence-electron chi connectivity index (χ4n) is 2.06. The molecular weight excluding hydrogens is 250 g/mol. The summed E-state index contributed by atoms with van der Waals surface area (Å²) in [5.41, 5.74) is -1.65. The summed E-state index contributed by atoms with van der Waals surface area (Å²) < 4.78 is 10.1. The van der Waals surface area contributed by atoms with Crippen molar-refractivity contribution in [3.8, 4) is 0 Å². The van der Waals surface area contributed by atoms with Crippen LogP contribution in [0.2, 0.25) is 0 Å². The van der Waals surface area contributed by atoms with E-state index in [4.69, 9.17) is 9.47 Å². The quantitative estimate of drug-likeness (QED) is 0.768. The van der Waals surface area contributed by atoms with Gasteiger partial charge in [-0.15, -0.1) is 0 Å². The number of hydrogen-bond acceptors (Lipinski definition) is 4. The Balaban J connectivity index is 2.63. The van der Waals surface area contributed by atoms with Crippen molar-refractivity contribution in [1.29, 1.82) is 0 Å². The second kappa shape index (κ2) is 5.77. The Kier molecular flexibility index (Phi) is 4.79. The van der Waals surface area contributed by atoms with E-state index in [2.05, 4.69) is 5.32 Å². The Labute approximate surface area is 113 Å². The molecule has 1 amide bonds. The lowest BCUT2D eigenvalue weighted by atomic mass is 9.83. The summed E-state index contributed by atoms with van der Waals surface area (Å²) in [7, 11) is 1.47. The van der Waals surface area contributed by atoms with Crippen molar-refractivity contribution in [2.75, 3.05) is 20.3 Å². The van der Waals surface area contributed by atoms with Gasteiger partial charge in [0.2, 0.25) is 0 Å². The highest BCUT2D eigenvalue weighted by atomic mass is 16.6. The van der Waals surface area contributed by atoms with Crippen LogP contribution in [-0.2, 0) is 14.3 Å². The van der Waals surface area contributed by atoms with Crippen molar-refractivity contribution in [3.05, 3.63) is 0 Å². The number of carboxylic acid groups (broad SMARTS) is 1. The van der Waals surface area contributed by atoms with E-state index < -0.39 is 23.1 Å². The molecule has 0 bridgehead atoms. The summed E-state index contributed by atoms with van der Waals surface area (Å²) in [5, 5.41) is 12.0. The van der Waals surface area contributed by atoms with Crippen molar-refractivity contribution in [1.82, 2.24) is 5.32 Å². The number of alkyl carbamates (subject to hydrolysis) is 1. The summed E-state index contributed by atoms with van der Waals surface area (Å²) in [5.74, 6) is -0.882. The van der Waals surface area contributed by atoms with Crippen molar-refractivity contribution in [3.63, 3.8) is 0 Å². The highest BCUT2D eigenvalue weighted by Crippen LogP contribution is 2.45. The van der Waals surface area contributed by atoms with Crippen LogP contribution in [0.4, 0.5) is 4.79 Å². The van der Waals surface area contributed by atoms with Crippen LogP contribution >= 0.6 is 0 Å². The van der Waals surface area contributed by atoms with Gasteiger partial charge < -0.3 is 19.9 Å². The maximum atomic E-state index is 11.6. The lowest BCUT2D eigenvalue weighted by molar-refractivity contribution is -0.153. The minimum Gasteiger partial charge on any atom is -0.481 e. The van der Waals surface area contributed by atoms with E-state index >= 15 is 0 Å². The van der Waals surface area contributed by atoms with Gasteiger partial charge in [-0.25, -0.2) is 4.79 Å². The third-order valence-electron chi connectivity index (χ3n) is 3.13. The van der Waals surface area contributed by atoms with Gasteiger partial charge in [0, 0.05) is 13.7 Å². The summed E-state index contributed by atoms with van der Waals surface area (Å²) in [4.78, 5) is 23.1. The number of carboxylic acids is 1. The molecule has 2 N–H and O–H groups in total. The molecule has 1 aliphatic carbocycles. The topological polar surface area (TPSA) is 84.9 Å². The van der Waals surface area contributed by atoms with Crippen LogP contribution in [0.25, 0.3) is 0 Å². The van der Waals surface area contributed by atoms with Crippen LogP contribution in [-0.4, -0.2) is 43.0 Å². The molecule has 1 aliphatic rings. The van der Waals surface area contributed by atoms with E-state index in [1.54, 1.807) is 20.8 Å². The van der Waals surface area contributed by atoms with E-state index in [0.717, 1.165) is 12.8 Å². The van der Waals surface area contributed by atoms with E-state index in [1.807, 2.05) is 0 Å². The van der Waals surface area contributed by atoms with Gasteiger partial charge in [-0.2, -0.15) is 0 Å². The molecule has 0 aromatic rings. The molecule has 0 spiro atoms. The van der Waals surface area contributed by atoms with E-state index in [9.17, 15) is 14.7 Å². The lowest BCUT2D eigenvalue weighted by Crippen LogP contribution is -2.48. The fourth-order valence-corrected chi connectivity index (χ4v) is 2.06. The lowest BCUT2D eigenvalue weighted by Gasteiger charge is -2.29. The van der Waals surface area contributed by atoms with Crippen molar-refractivity contribution >= 4 is 12.1 Å². The SMILES string of the molecule is COCC(CNC(=O)OC(C)(C)C)(C(=O)O)C1CC1. The van der Waals surface area contributed by atoms with Crippen LogP contribution in [0, 0.1) is 11.3 Å². The molecule has 0 radical (unpaired) electrons. The van der Waals surface area contributed by atoms with Crippen LogP contribution in [0.5, 0.6) is 0 Å². The van der Waals surface area contributed by atoms with Crippen molar-refractivity contribution in [2.24, 2.45) is 11.3 Å². The Hall–Kier alpha value is -1.30. The van der Waals surface area contributed by atoms with Gasteiger partial charge >= 0.3 is 12.1 Å². The number of carbonyl (C=O) groups excluding carboxylic acids is 1. The normalized spacial score (nSPS) is 18.5. The van der Waals surface area contributed by atoms with Gasteiger partial charge in [-0.1, -0.05) is 0 Å². The molecule has 6 heteroatoms. The third-order valence-corrected chi connectivity index (χ3v) is 3.13. The molecule has 1 rings (SSSR count). The molecule has 0 aromatic heterocycles. The predicted molar refractivity (Wildman–Crippen MR) is 68.9 cm³/mol. The molecule has 0 aliphatic heterocycles. The molecule has 0 heterocycles. The van der Waals surface area contributed by atoms with Gasteiger partial charge in [0.05, 0.1) is 6.61 Å². The number of ether oxygens (including phenoxy) is 2. The van der Waals surface area contributed by atoms with Gasteiger partial charge in [0.15, 0.2) is 0 Å². The molecule has 1 saturated carbocycles. The molecule has 1 atom stereocenters. The van der Waals surface area contributed by atoms with Gasteiger partial charge in [0.25, 0.3) is 0 Å². The Morgan fingerprint density at radius 3 is 2.26 bits per heavy atom. The first-order valence-electron chi connectivity index (χ1n) is 6.40. The largest absolute Gasteiger partial charge is 0.481 e. The summed E-state index contributed by atoms with van der Waals surface area (Å²) in [6.07, 6.45) is 1.10. The first-order valence-corrected chi connectivity index (χ1v) is 6.40. The van der Waals surface area contributed by atoms with Crippen LogP contribution in [0.1, 0.15) is 33.6 Å². The van der Waals surface area contributed by atoms with Crippen LogP contribution in [0.3, 0.4) is 0 Å². The molecule has 1 fully saturated rings. The molecule has 110 valence electrons. The molecule has 19 heavy (non-hydrogen) atoms. The number of hydrogen-bond donors (Lipinski definition) is 2. The van der Waals surface area contributed by atoms with Gasteiger partial charge in [0.1, 0.15) is 11.0 Å². The fraction of sp³-hybridized carbons (Fsp3) is 0.846. The van der Waals surface area contributed by atoms with Crippen molar-refractivity contribution in [2.45, 2.75) is 39.2 Å². The molecule has 0 aromatic carbocycles. The van der Waals surface area contributed by atoms with Gasteiger partial charge in [-0.05, 0) is 39.5 Å². The van der Waals surface area contributed by atoms with Crippen LogP contribution < -0.4 is 5.32 Å². The Bertz CT molecular complexity index is 345. The highest BCUT2D eigenvalue weighted by Gasteiger charge is 2.51. The van der Waals surface area contributed by atoms with Crippen LogP contribution in [0.15, 0.2) is 0 Å². The smallest absolute Gasteiger partial charge is 0.407 e. The van der Waals surface area contributed by atoms with E-state index in [0.29, 0.717) is 0 Å². The third kappa shape index (κ3) is 4.38. The Morgan fingerprint density at radius 2 is 1.89 bits per heavy atom. The maximum absolute atomic E-state index is 11.6. The standard InChI is InChI=1S/C13H23NO5/c1-12(2,3)19-11(17)14-7-13(8-18-4,10(15)16)9-5-6-9/h9H,5-8H2,1-4H3,(H,14,17)(H,15,16). The maximum Gasteiger partial charge on any atom is 0.407 e. The second-order valence-electron chi connectivity index (χ2n) is 6.02. The summed E-state index contributed by atoms with van der Waals surface area (Å²) >= 11 is 0. The number of rotatable bonds is 6. The number of carbonyl (C=O) groups is 2. The number of aliphatic carboxylic acids is 1. The van der Waals surface area contributed by atoms with Gasteiger partial charge in [-0.3, -0.25) is 4.79 Å². The van der Waals surface area contributed by atoms with Crippen molar-refractivity contribution < 1.29 is 24.2 Å². The zero-order valence-corrected chi connectivity index (χ0v) is 12.0. The number of nitrogens with one attached hydrogen (secondary N) is 1. The highest BCUT2D eigenvalue weighted by molar-refractivity contribution is 5.77. The number of methoxy groups -OCH3 is 1. The average molecular weight is 273 g/mol. The zero-order valence-electron chi connectivity index (χ0n) is 12.0. The molecule has 6 nitrogen and oxygen atoms in total. The first kappa shape index (κ1) is 15.8. The Morgan fingerprint density at radius 1 is 1.32 bits per heavy atom. The van der Waals surface area contributed by atoms with E-state index in [-0.39, 0.29) is 19.1 Å². The minimum atomic E-state index is -1.05. The summed E-state index contributed by atoms with van der Waals surface area (Å²) in [6.45, 7) is 5.38. The monoisotopic (exact) mass is 273 g/mol. The second-order valence-corrected chi connectivity index (χ2v) is 6.02. The van der Waals surface area contributed by atoms with E-state index in [1.165, 1.54) is 7.11 Å². The first-order chi connectivity index (χ1) is 8.71. The molecule has 1 unspecified atom stereocenters. The zero-order chi connectivity index (χ0) is 14.7. The minimum absolute atomic E-state index is 0.0236. The summed E-state index contributed by atoms with van der Waals surface area (Å²) in [6, 6.07) is 0.